The third-order valence-electron chi connectivity index (χ3n) is 3.51. The third kappa shape index (κ3) is 4.77. The Bertz CT molecular complexity index is 825. The van der Waals surface area contributed by atoms with Crippen LogP contribution in [-0.2, 0) is 9.53 Å². The van der Waals surface area contributed by atoms with Crippen LogP contribution in [0, 0.1) is 11.3 Å². The molecule has 0 unspecified atom stereocenters. The van der Waals surface area contributed by atoms with Gasteiger partial charge in [0, 0.05) is 5.56 Å². The Morgan fingerprint density at radius 1 is 1.28 bits per heavy atom. The molecule has 0 amide bonds. The predicted octanol–water partition coefficient (Wildman–Crippen LogP) is 4.69. The van der Waals surface area contributed by atoms with E-state index < -0.39 is 12.6 Å². The lowest BCUT2D eigenvalue weighted by Crippen LogP contribution is -2.08. The maximum Gasteiger partial charge on any atom is 0.387 e. The first-order chi connectivity index (χ1) is 12.1. The number of carbonyl (C=O) groups is 1. The molecular weight excluding hydrogens is 328 g/mol. The van der Waals surface area contributed by atoms with Crippen molar-refractivity contribution in [1.29, 1.82) is 5.26 Å². The van der Waals surface area contributed by atoms with Crippen LogP contribution in [0.4, 0.5) is 8.78 Å². The molecule has 25 heavy (non-hydrogen) atoms. The predicted molar refractivity (Wildman–Crippen MR) is 90.0 cm³/mol. The maximum atomic E-state index is 12.7. The highest BCUT2D eigenvalue weighted by atomic mass is 19.3. The summed E-state index contributed by atoms with van der Waals surface area (Å²) in [6, 6.07) is 11.8. The number of alkyl halides is 2. The molecule has 2 rings (SSSR count). The van der Waals surface area contributed by atoms with Crippen LogP contribution in [-0.4, -0.2) is 19.2 Å². The van der Waals surface area contributed by atoms with Crippen molar-refractivity contribution in [3.8, 4) is 11.8 Å². The number of halogens is 2. The number of esters is 1. The first-order valence-electron chi connectivity index (χ1n) is 7.82. The van der Waals surface area contributed by atoms with Crippen molar-refractivity contribution >= 4 is 22.8 Å². The lowest BCUT2D eigenvalue weighted by molar-refractivity contribution is -0.138. The average molecular weight is 345 g/mol. The number of fused-ring (bicyclic) bond motifs is 1. The van der Waals surface area contributed by atoms with Crippen LogP contribution in [0.1, 0.15) is 25.3 Å². The molecule has 0 radical (unpaired) electrons. The number of unbranched alkanes of at least 4 members (excludes halogenated alkanes) is 1. The monoisotopic (exact) mass is 345 g/mol. The van der Waals surface area contributed by atoms with Gasteiger partial charge in [-0.3, -0.25) is 0 Å². The van der Waals surface area contributed by atoms with Gasteiger partial charge in [-0.2, -0.15) is 14.0 Å². The van der Waals surface area contributed by atoms with Gasteiger partial charge in [0.05, 0.1) is 6.61 Å². The van der Waals surface area contributed by atoms with Gasteiger partial charge in [0.1, 0.15) is 17.4 Å². The molecule has 0 bridgehead atoms. The van der Waals surface area contributed by atoms with Crippen molar-refractivity contribution in [1.82, 2.24) is 0 Å². The van der Waals surface area contributed by atoms with E-state index in [1.807, 2.05) is 6.92 Å². The lowest BCUT2D eigenvalue weighted by atomic mass is 10.0. The summed E-state index contributed by atoms with van der Waals surface area (Å²) in [5.41, 5.74) is -0.0334. The quantitative estimate of drug-likeness (QED) is 0.316. The van der Waals surface area contributed by atoms with Crippen LogP contribution in [0.25, 0.3) is 16.8 Å². The van der Waals surface area contributed by atoms with E-state index in [4.69, 9.17) is 4.74 Å². The molecule has 4 nitrogen and oxygen atoms in total. The van der Waals surface area contributed by atoms with Crippen LogP contribution >= 0.6 is 0 Å². The molecule has 6 heteroatoms. The Morgan fingerprint density at radius 2 is 2.04 bits per heavy atom. The molecule has 0 aliphatic rings. The van der Waals surface area contributed by atoms with Gasteiger partial charge in [-0.15, -0.1) is 0 Å². The number of ether oxygens (including phenoxy) is 2. The van der Waals surface area contributed by atoms with Crippen molar-refractivity contribution in [2.75, 3.05) is 6.61 Å². The Hall–Kier alpha value is -2.94. The molecule has 0 saturated heterocycles. The molecule has 0 N–H and O–H groups in total. The van der Waals surface area contributed by atoms with E-state index in [0.717, 1.165) is 11.8 Å². The van der Waals surface area contributed by atoms with Crippen molar-refractivity contribution in [2.45, 2.75) is 26.4 Å². The Kier molecular flexibility index (Phi) is 6.47. The minimum Gasteiger partial charge on any atom is -0.462 e. The van der Waals surface area contributed by atoms with Crippen molar-refractivity contribution in [3.63, 3.8) is 0 Å². The fourth-order valence-corrected chi connectivity index (χ4v) is 2.29. The molecular formula is C19H17F2NO3. The van der Waals surface area contributed by atoms with E-state index in [1.54, 1.807) is 36.4 Å². The molecule has 0 heterocycles. The second-order valence-electron chi connectivity index (χ2n) is 5.24. The van der Waals surface area contributed by atoms with Crippen molar-refractivity contribution in [2.24, 2.45) is 0 Å². The summed E-state index contributed by atoms with van der Waals surface area (Å²) in [6.45, 7) is -0.876. The van der Waals surface area contributed by atoms with Gasteiger partial charge in [-0.25, -0.2) is 4.79 Å². The standard InChI is InChI=1S/C19H17F2NO3/c1-2-3-10-24-18(23)14(12-22)11-16-15-7-5-4-6-13(15)8-9-17(16)25-19(20)21/h4-9,11,19H,2-3,10H2,1H3/b14-11+. The van der Waals surface area contributed by atoms with E-state index in [-0.39, 0.29) is 23.5 Å². The van der Waals surface area contributed by atoms with E-state index in [1.165, 1.54) is 12.1 Å². The number of nitrogens with zero attached hydrogens (tertiary/aromatic N) is 1. The van der Waals surface area contributed by atoms with E-state index >= 15 is 0 Å². The smallest absolute Gasteiger partial charge is 0.387 e. The normalized spacial score (nSPS) is 11.4. The summed E-state index contributed by atoms with van der Waals surface area (Å²) in [5.74, 6) is -0.894. The summed E-state index contributed by atoms with van der Waals surface area (Å²) >= 11 is 0. The topological polar surface area (TPSA) is 59.3 Å². The molecule has 130 valence electrons. The molecule has 2 aromatic rings. The van der Waals surface area contributed by atoms with Crippen LogP contribution < -0.4 is 4.74 Å². The summed E-state index contributed by atoms with van der Waals surface area (Å²) in [6.07, 6.45) is 2.75. The largest absolute Gasteiger partial charge is 0.462 e. The minimum atomic E-state index is -3.02. The van der Waals surface area contributed by atoms with Gasteiger partial charge in [0.2, 0.25) is 0 Å². The summed E-state index contributed by atoms with van der Waals surface area (Å²) in [5, 5.41) is 10.6. The molecule has 0 aliphatic heterocycles. The Balaban J connectivity index is 2.48. The van der Waals surface area contributed by atoms with Gasteiger partial charge in [0.15, 0.2) is 0 Å². The molecule has 0 aromatic heterocycles. The van der Waals surface area contributed by atoms with Crippen LogP contribution in [0.5, 0.6) is 5.75 Å². The molecule has 0 spiro atoms. The van der Waals surface area contributed by atoms with Gasteiger partial charge in [0.25, 0.3) is 0 Å². The van der Waals surface area contributed by atoms with E-state index in [9.17, 15) is 18.8 Å². The van der Waals surface area contributed by atoms with Gasteiger partial charge in [-0.1, -0.05) is 43.7 Å². The number of hydrogen-bond acceptors (Lipinski definition) is 4. The van der Waals surface area contributed by atoms with Crippen molar-refractivity contribution < 1.29 is 23.0 Å². The van der Waals surface area contributed by atoms with Gasteiger partial charge in [-0.05, 0) is 29.3 Å². The fourth-order valence-electron chi connectivity index (χ4n) is 2.29. The SMILES string of the molecule is CCCCOC(=O)/C(C#N)=C/c1c(OC(F)F)ccc2ccccc12. The second kappa shape index (κ2) is 8.78. The molecule has 0 atom stereocenters. The fraction of sp³-hybridized carbons (Fsp3) is 0.263. The Labute approximate surface area is 144 Å². The third-order valence-corrected chi connectivity index (χ3v) is 3.51. The highest BCUT2D eigenvalue weighted by Gasteiger charge is 2.16. The number of benzene rings is 2. The zero-order chi connectivity index (χ0) is 18.2. The molecule has 2 aromatic carbocycles. The first-order valence-corrected chi connectivity index (χ1v) is 7.82. The molecule has 0 fully saturated rings. The number of hydrogen-bond donors (Lipinski definition) is 0. The first kappa shape index (κ1) is 18.4. The van der Waals surface area contributed by atoms with Crippen LogP contribution in [0.15, 0.2) is 42.0 Å². The zero-order valence-electron chi connectivity index (χ0n) is 13.7. The molecule has 0 saturated carbocycles. The average Bonchev–Trinajstić information content (AvgIpc) is 2.60. The lowest BCUT2D eigenvalue weighted by Gasteiger charge is -2.11. The summed E-state index contributed by atoms with van der Waals surface area (Å²) in [7, 11) is 0. The molecule has 0 aliphatic carbocycles. The number of nitriles is 1. The number of rotatable bonds is 7. The van der Waals surface area contributed by atoms with Gasteiger partial charge < -0.3 is 9.47 Å². The summed E-state index contributed by atoms with van der Waals surface area (Å²) in [4.78, 5) is 12.0. The van der Waals surface area contributed by atoms with E-state index in [0.29, 0.717) is 11.8 Å². The van der Waals surface area contributed by atoms with Gasteiger partial charge >= 0.3 is 12.6 Å². The second-order valence-corrected chi connectivity index (χ2v) is 5.24. The zero-order valence-corrected chi connectivity index (χ0v) is 13.7. The maximum absolute atomic E-state index is 12.7. The highest BCUT2D eigenvalue weighted by molar-refractivity contribution is 6.02. The Morgan fingerprint density at radius 3 is 2.72 bits per heavy atom. The van der Waals surface area contributed by atoms with Crippen molar-refractivity contribution in [3.05, 3.63) is 47.5 Å². The van der Waals surface area contributed by atoms with Crippen LogP contribution in [0.3, 0.4) is 0 Å². The minimum absolute atomic E-state index is 0.109. The van der Waals surface area contributed by atoms with E-state index in [2.05, 4.69) is 4.74 Å². The highest BCUT2D eigenvalue weighted by Crippen LogP contribution is 2.31. The summed E-state index contributed by atoms with van der Waals surface area (Å²) < 4.78 is 34.9. The number of carbonyl (C=O) groups excluding carboxylic acids is 1. The van der Waals surface area contributed by atoms with Crippen LogP contribution in [0.2, 0.25) is 0 Å².